The lowest BCUT2D eigenvalue weighted by atomic mass is 10.1. The summed E-state index contributed by atoms with van der Waals surface area (Å²) in [5.41, 5.74) is 6.37. The molecule has 20 heavy (non-hydrogen) atoms. The molecule has 2 N–H and O–H groups in total. The number of halogens is 3. The summed E-state index contributed by atoms with van der Waals surface area (Å²) >= 11 is 3.41. The molecule has 0 spiro atoms. The molecule has 0 atom stereocenters. The van der Waals surface area contributed by atoms with Crippen LogP contribution in [0.4, 0.5) is 8.78 Å². The molecule has 0 amide bonds. The van der Waals surface area contributed by atoms with Crippen LogP contribution in [-0.2, 0) is 6.54 Å². The molecule has 1 aliphatic heterocycles. The molecule has 0 saturated carbocycles. The van der Waals surface area contributed by atoms with Gasteiger partial charge >= 0.3 is 0 Å². The van der Waals surface area contributed by atoms with Crippen molar-refractivity contribution in [3.8, 4) is 5.75 Å². The Balaban J connectivity index is 2.03. The molecule has 1 aliphatic rings. The fourth-order valence-corrected chi connectivity index (χ4v) is 2.93. The molecule has 1 aromatic carbocycles. The van der Waals surface area contributed by atoms with E-state index in [0.29, 0.717) is 38.4 Å². The molecule has 112 valence electrons. The maximum absolute atomic E-state index is 13.4. The van der Waals surface area contributed by atoms with Crippen LogP contribution in [0.25, 0.3) is 0 Å². The van der Waals surface area contributed by atoms with E-state index < -0.39 is 5.92 Å². The van der Waals surface area contributed by atoms with Crippen molar-refractivity contribution in [2.75, 3.05) is 26.2 Å². The summed E-state index contributed by atoms with van der Waals surface area (Å²) in [6, 6.07) is 5.67. The summed E-state index contributed by atoms with van der Waals surface area (Å²) in [4.78, 5) is 1.79. The van der Waals surface area contributed by atoms with Crippen molar-refractivity contribution in [3.63, 3.8) is 0 Å². The molecule has 1 heterocycles. The molecule has 1 saturated heterocycles. The van der Waals surface area contributed by atoms with E-state index in [1.807, 2.05) is 18.2 Å². The van der Waals surface area contributed by atoms with Gasteiger partial charge < -0.3 is 10.5 Å². The van der Waals surface area contributed by atoms with Gasteiger partial charge in [-0.2, -0.15) is 0 Å². The zero-order valence-electron chi connectivity index (χ0n) is 11.2. The van der Waals surface area contributed by atoms with Crippen LogP contribution >= 0.6 is 15.9 Å². The van der Waals surface area contributed by atoms with Gasteiger partial charge in [0.25, 0.3) is 5.92 Å². The first kappa shape index (κ1) is 15.7. The lowest BCUT2D eigenvalue weighted by Gasteiger charge is -2.32. The average Bonchev–Trinajstić information content (AvgIpc) is 2.34. The minimum absolute atomic E-state index is 0.00710. The van der Waals surface area contributed by atoms with Crippen molar-refractivity contribution in [1.29, 1.82) is 0 Å². The molecule has 1 aromatic rings. The van der Waals surface area contributed by atoms with Gasteiger partial charge in [-0.05, 0) is 36.7 Å². The Morgan fingerprint density at radius 2 is 2.15 bits per heavy atom. The van der Waals surface area contributed by atoms with Gasteiger partial charge in [-0.15, -0.1) is 0 Å². The van der Waals surface area contributed by atoms with Crippen molar-refractivity contribution in [3.05, 3.63) is 28.2 Å². The number of rotatable bonds is 5. The molecule has 2 rings (SSSR count). The van der Waals surface area contributed by atoms with Crippen molar-refractivity contribution >= 4 is 15.9 Å². The third kappa shape index (κ3) is 4.68. The van der Waals surface area contributed by atoms with Crippen LogP contribution in [0.15, 0.2) is 22.7 Å². The van der Waals surface area contributed by atoms with Crippen LogP contribution in [-0.4, -0.2) is 37.1 Å². The highest BCUT2D eigenvalue weighted by atomic mass is 79.9. The molecular formula is C14H19BrF2N2O. The second-order valence-electron chi connectivity index (χ2n) is 5.10. The first-order chi connectivity index (χ1) is 9.48. The second-order valence-corrected chi connectivity index (χ2v) is 6.02. The maximum atomic E-state index is 13.4. The van der Waals surface area contributed by atoms with E-state index in [0.717, 1.165) is 10.0 Å². The molecule has 0 bridgehead atoms. The van der Waals surface area contributed by atoms with Crippen molar-refractivity contribution in [1.82, 2.24) is 4.90 Å². The average molecular weight is 349 g/mol. The summed E-state index contributed by atoms with van der Waals surface area (Å²) < 4.78 is 33.2. The van der Waals surface area contributed by atoms with Gasteiger partial charge in [0.1, 0.15) is 12.4 Å². The molecule has 3 nitrogen and oxygen atoms in total. The number of benzene rings is 1. The summed E-state index contributed by atoms with van der Waals surface area (Å²) in [6.07, 6.45) is 0.532. The van der Waals surface area contributed by atoms with Gasteiger partial charge in [0.2, 0.25) is 0 Å². The van der Waals surface area contributed by atoms with Gasteiger partial charge in [-0.3, -0.25) is 4.90 Å². The minimum atomic E-state index is -2.57. The second kappa shape index (κ2) is 6.83. The fraction of sp³-hybridized carbons (Fsp3) is 0.571. The summed E-state index contributed by atoms with van der Waals surface area (Å²) in [5, 5.41) is 0. The first-order valence-corrected chi connectivity index (χ1v) is 7.50. The Morgan fingerprint density at radius 1 is 1.35 bits per heavy atom. The van der Waals surface area contributed by atoms with Crippen LogP contribution in [0, 0.1) is 0 Å². The number of alkyl halides is 2. The number of nitrogens with zero attached hydrogens (tertiary/aromatic N) is 1. The van der Waals surface area contributed by atoms with Crippen LogP contribution in [0.1, 0.15) is 18.4 Å². The molecule has 0 radical (unpaired) electrons. The van der Waals surface area contributed by atoms with Crippen LogP contribution in [0.3, 0.4) is 0 Å². The zero-order valence-corrected chi connectivity index (χ0v) is 12.8. The fourth-order valence-electron chi connectivity index (χ4n) is 2.41. The number of piperidine rings is 1. The van der Waals surface area contributed by atoms with Crippen LogP contribution in [0.2, 0.25) is 0 Å². The smallest absolute Gasteiger partial charge is 0.260 e. The largest absolute Gasteiger partial charge is 0.492 e. The minimum Gasteiger partial charge on any atom is -0.492 e. The predicted octanol–water partition coefficient (Wildman–Crippen LogP) is 3.02. The highest BCUT2D eigenvalue weighted by molar-refractivity contribution is 9.10. The first-order valence-electron chi connectivity index (χ1n) is 6.71. The lowest BCUT2D eigenvalue weighted by molar-refractivity contribution is -0.0661. The van der Waals surface area contributed by atoms with E-state index in [2.05, 4.69) is 15.9 Å². The molecule has 6 heteroatoms. The van der Waals surface area contributed by atoms with E-state index in [4.69, 9.17) is 10.5 Å². The third-order valence-corrected chi connectivity index (χ3v) is 3.65. The monoisotopic (exact) mass is 348 g/mol. The van der Waals surface area contributed by atoms with E-state index in [1.165, 1.54) is 0 Å². The van der Waals surface area contributed by atoms with E-state index in [-0.39, 0.29) is 13.0 Å². The number of ether oxygens (including phenoxy) is 1. The molecular weight excluding hydrogens is 330 g/mol. The highest BCUT2D eigenvalue weighted by Gasteiger charge is 2.34. The maximum Gasteiger partial charge on any atom is 0.260 e. The quantitative estimate of drug-likeness (QED) is 0.888. The van der Waals surface area contributed by atoms with Crippen molar-refractivity contribution in [2.45, 2.75) is 25.3 Å². The van der Waals surface area contributed by atoms with Gasteiger partial charge in [0, 0.05) is 24.0 Å². The third-order valence-electron chi connectivity index (χ3n) is 3.20. The van der Waals surface area contributed by atoms with E-state index in [1.54, 1.807) is 4.90 Å². The van der Waals surface area contributed by atoms with Gasteiger partial charge in [-0.25, -0.2) is 8.78 Å². The Kier molecular flexibility index (Phi) is 5.35. The molecule has 0 aromatic heterocycles. The van der Waals surface area contributed by atoms with Crippen LogP contribution in [0.5, 0.6) is 5.75 Å². The van der Waals surface area contributed by atoms with Crippen molar-refractivity contribution in [2.24, 2.45) is 5.73 Å². The Hall–Kier alpha value is -0.720. The topological polar surface area (TPSA) is 38.5 Å². The molecule has 1 fully saturated rings. The zero-order chi connectivity index (χ0) is 14.6. The standard InChI is InChI=1S/C14H19BrF2N2O/c15-12-6-11(7-13(8-12)20-5-3-18)9-19-4-1-2-14(16,17)10-19/h6-8H,1-5,9-10,18H2. The lowest BCUT2D eigenvalue weighted by Crippen LogP contribution is -2.42. The van der Waals surface area contributed by atoms with Crippen LogP contribution < -0.4 is 10.5 Å². The van der Waals surface area contributed by atoms with Gasteiger partial charge in [0.05, 0.1) is 6.54 Å². The Bertz CT molecular complexity index is 457. The van der Waals surface area contributed by atoms with Gasteiger partial charge in [0.15, 0.2) is 0 Å². The Morgan fingerprint density at radius 3 is 2.85 bits per heavy atom. The number of likely N-dealkylation sites (tertiary alicyclic amines) is 1. The summed E-state index contributed by atoms with van der Waals surface area (Å²) in [6.45, 7) is 1.94. The molecule has 0 aliphatic carbocycles. The molecule has 0 unspecified atom stereocenters. The SMILES string of the molecule is NCCOc1cc(Br)cc(CN2CCCC(F)(F)C2)c1. The van der Waals surface area contributed by atoms with E-state index in [9.17, 15) is 8.78 Å². The van der Waals surface area contributed by atoms with E-state index >= 15 is 0 Å². The highest BCUT2D eigenvalue weighted by Crippen LogP contribution is 2.29. The van der Waals surface area contributed by atoms with Gasteiger partial charge in [-0.1, -0.05) is 15.9 Å². The summed E-state index contributed by atoms with van der Waals surface area (Å²) in [7, 11) is 0. The number of hydrogen-bond donors (Lipinski definition) is 1. The predicted molar refractivity (Wildman–Crippen MR) is 78.1 cm³/mol. The van der Waals surface area contributed by atoms with Crippen molar-refractivity contribution < 1.29 is 13.5 Å². The summed E-state index contributed by atoms with van der Waals surface area (Å²) in [5.74, 6) is -1.85. The number of nitrogens with two attached hydrogens (primary N) is 1. The normalized spacial score (nSPS) is 19.0. The number of hydrogen-bond acceptors (Lipinski definition) is 3. The Labute approximate surface area is 126 Å².